The van der Waals surface area contributed by atoms with Crippen LogP contribution in [0.15, 0.2) is 173 Å². The summed E-state index contributed by atoms with van der Waals surface area (Å²) in [5, 5.41) is 4.42. The van der Waals surface area contributed by atoms with Crippen LogP contribution in [-0.2, 0) is 5.41 Å². The first-order valence-electron chi connectivity index (χ1n) is 18.9. The lowest BCUT2D eigenvalue weighted by Gasteiger charge is -2.30. The number of para-hydroxylation sites is 2. The summed E-state index contributed by atoms with van der Waals surface area (Å²) >= 11 is 0. The minimum atomic E-state index is -0.0978. The van der Waals surface area contributed by atoms with E-state index in [1.807, 2.05) is 24.3 Å². The quantitative estimate of drug-likeness (QED) is 0.179. The highest BCUT2D eigenvalue weighted by molar-refractivity contribution is 6.25. The fraction of sp³-hybridized carbons (Fsp3) is 0.0980. The minimum Gasteiger partial charge on any atom is -0.456 e. The number of allylic oxidation sites excluding steroid dienone is 4. The van der Waals surface area contributed by atoms with Crippen molar-refractivity contribution in [1.82, 2.24) is 0 Å². The van der Waals surface area contributed by atoms with Gasteiger partial charge in [0.25, 0.3) is 0 Å². The summed E-state index contributed by atoms with van der Waals surface area (Å²) in [5.41, 5.74) is 17.2. The molecule has 7 aromatic carbocycles. The largest absolute Gasteiger partial charge is 0.456 e. The molecule has 9 aromatic rings. The van der Waals surface area contributed by atoms with Gasteiger partial charge in [-0.05, 0) is 112 Å². The van der Waals surface area contributed by atoms with Crippen molar-refractivity contribution in [3.63, 3.8) is 0 Å². The number of benzene rings is 7. The van der Waals surface area contributed by atoms with Gasteiger partial charge in [0.05, 0.1) is 5.69 Å². The van der Waals surface area contributed by atoms with Crippen LogP contribution in [-0.4, -0.2) is 0 Å². The summed E-state index contributed by atoms with van der Waals surface area (Å²) in [5.74, 6) is 0. The fourth-order valence-electron chi connectivity index (χ4n) is 9.09. The molecule has 54 heavy (non-hydrogen) atoms. The molecule has 0 amide bonds. The summed E-state index contributed by atoms with van der Waals surface area (Å²) in [4.78, 5) is 2.44. The Balaban J connectivity index is 1.03. The number of hydrogen-bond donors (Lipinski definition) is 0. The Labute approximate surface area is 314 Å². The molecule has 0 spiro atoms. The highest BCUT2D eigenvalue weighted by atomic mass is 16.3. The van der Waals surface area contributed by atoms with E-state index in [1.54, 1.807) is 0 Å². The lowest BCUT2D eigenvalue weighted by molar-refractivity contribution is 0.660. The van der Waals surface area contributed by atoms with Crippen molar-refractivity contribution in [3.8, 4) is 22.3 Å². The topological polar surface area (TPSA) is 29.5 Å². The number of nitrogens with zero attached hydrogens (tertiary/aromatic N) is 1. The predicted octanol–water partition coefficient (Wildman–Crippen LogP) is 14.7. The van der Waals surface area contributed by atoms with E-state index in [9.17, 15) is 0 Å². The smallest absolute Gasteiger partial charge is 0.136 e. The summed E-state index contributed by atoms with van der Waals surface area (Å²) in [7, 11) is 0. The Bertz CT molecular complexity index is 3020. The first-order chi connectivity index (χ1) is 26.5. The third-order valence-electron chi connectivity index (χ3n) is 11.8. The molecule has 0 fully saturated rings. The van der Waals surface area contributed by atoms with Crippen molar-refractivity contribution in [1.29, 1.82) is 0 Å². The Morgan fingerprint density at radius 2 is 1.19 bits per heavy atom. The molecule has 2 aliphatic carbocycles. The van der Waals surface area contributed by atoms with Gasteiger partial charge < -0.3 is 13.7 Å². The van der Waals surface area contributed by atoms with E-state index in [0.29, 0.717) is 0 Å². The average Bonchev–Trinajstić information content (AvgIpc) is 3.86. The van der Waals surface area contributed by atoms with E-state index >= 15 is 0 Å². The zero-order valence-electron chi connectivity index (χ0n) is 30.3. The van der Waals surface area contributed by atoms with Crippen LogP contribution in [0.5, 0.6) is 0 Å². The Morgan fingerprint density at radius 1 is 0.519 bits per heavy atom. The van der Waals surface area contributed by atoms with E-state index in [0.717, 1.165) is 79.2 Å². The first kappa shape index (κ1) is 31.0. The zero-order valence-corrected chi connectivity index (χ0v) is 30.3. The van der Waals surface area contributed by atoms with Gasteiger partial charge in [0.1, 0.15) is 22.3 Å². The van der Waals surface area contributed by atoms with Gasteiger partial charge in [-0.15, -0.1) is 0 Å². The predicted molar refractivity (Wildman–Crippen MR) is 225 cm³/mol. The van der Waals surface area contributed by atoms with E-state index in [-0.39, 0.29) is 5.41 Å². The van der Waals surface area contributed by atoms with E-state index in [4.69, 9.17) is 8.83 Å². The third kappa shape index (κ3) is 4.61. The van der Waals surface area contributed by atoms with Crippen molar-refractivity contribution in [2.45, 2.75) is 32.1 Å². The average molecular weight is 696 g/mol. The van der Waals surface area contributed by atoms with Gasteiger partial charge in [-0.3, -0.25) is 0 Å². The molecule has 2 aliphatic rings. The maximum Gasteiger partial charge on any atom is 0.136 e. The molecular weight excluding hydrogens is 659 g/mol. The molecule has 0 aliphatic heterocycles. The van der Waals surface area contributed by atoms with Crippen LogP contribution in [0.2, 0.25) is 0 Å². The number of anilines is 3. The number of furan rings is 2. The van der Waals surface area contributed by atoms with E-state index in [1.165, 1.54) is 39.1 Å². The molecule has 0 N–H and O–H groups in total. The molecule has 0 saturated heterocycles. The van der Waals surface area contributed by atoms with Crippen LogP contribution in [0.4, 0.5) is 17.1 Å². The van der Waals surface area contributed by atoms with Gasteiger partial charge in [0.15, 0.2) is 0 Å². The molecule has 3 nitrogen and oxygen atoms in total. The van der Waals surface area contributed by atoms with Crippen LogP contribution >= 0.6 is 0 Å². The zero-order chi connectivity index (χ0) is 36.0. The highest BCUT2D eigenvalue weighted by Crippen LogP contribution is 2.51. The minimum absolute atomic E-state index is 0.0978. The van der Waals surface area contributed by atoms with Crippen molar-refractivity contribution in [3.05, 3.63) is 181 Å². The molecule has 2 heterocycles. The molecule has 0 unspecified atom stereocenters. The fourth-order valence-corrected chi connectivity index (χ4v) is 9.09. The summed E-state index contributed by atoms with van der Waals surface area (Å²) < 4.78 is 12.7. The second-order valence-corrected chi connectivity index (χ2v) is 15.2. The summed E-state index contributed by atoms with van der Waals surface area (Å²) in [6.07, 6.45) is 8.81. The number of hydrogen-bond acceptors (Lipinski definition) is 3. The lowest BCUT2D eigenvalue weighted by atomic mass is 9.82. The summed E-state index contributed by atoms with van der Waals surface area (Å²) in [6.45, 7) is 4.71. The van der Waals surface area contributed by atoms with Crippen LogP contribution in [0.25, 0.3) is 71.7 Å². The second-order valence-electron chi connectivity index (χ2n) is 15.2. The Hall–Kier alpha value is -6.58. The first-order valence-corrected chi connectivity index (χ1v) is 18.9. The molecule has 0 radical (unpaired) electrons. The third-order valence-corrected chi connectivity index (χ3v) is 11.8. The van der Waals surface area contributed by atoms with Gasteiger partial charge in [-0.1, -0.05) is 117 Å². The molecular formula is C51H37NO2. The Morgan fingerprint density at radius 3 is 2.00 bits per heavy atom. The maximum atomic E-state index is 6.51. The van der Waals surface area contributed by atoms with Crippen LogP contribution < -0.4 is 4.90 Å². The van der Waals surface area contributed by atoms with Crippen LogP contribution in [0.1, 0.15) is 43.4 Å². The standard InChI is InChI=1S/C51H37NO2/c1-51(2)42-17-9-6-15-38(42)39-27-25-36(31-43(39)51)52(44-18-10-7-14-37(44)33-12-4-3-5-13-33)35-23-20-32(21-24-35)34-22-26-41-48(30-34)54-47-29-28-46-49(50(41)47)40-16-8-11-19-45(40)53-46/h3-4,6-12,14-31H,5,13H2,1-2H3. The van der Waals surface area contributed by atoms with E-state index < -0.39 is 0 Å². The van der Waals surface area contributed by atoms with Gasteiger partial charge in [0.2, 0.25) is 0 Å². The van der Waals surface area contributed by atoms with Gasteiger partial charge in [-0.2, -0.15) is 0 Å². The van der Waals surface area contributed by atoms with Crippen LogP contribution in [0, 0.1) is 0 Å². The van der Waals surface area contributed by atoms with E-state index in [2.05, 4.69) is 158 Å². The molecule has 0 bridgehead atoms. The molecule has 3 heteroatoms. The molecule has 11 rings (SSSR count). The van der Waals surface area contributed by atoms with Crippen LogP contribution in [0.3, 0.4) is 0 Å². The lowest BCUT2D eigenvalue weighted by Crippen LogP contribution is -2.17. The van der Waals surface area contributed by atoms with Gasteiger partial charge >= 0.3 is 0 Å². The number of fused-ring (bicyclic) bond motifs is 10. The van der Waals surface area contributed by atoms with Gasteiger partial charge in [0, 0.05) is 43.9 Å². The monoisotopic (exact) mass is 695 g/mol. The maximum absolute atomic E-state index is 6.51. The Kier molecular flexibility index (Phi) is 6.72. The second kappa shape index (κ2) is 11.7. The molecule has 0 saturated carbocycles. The van der Waals surface area contributed by atoms with Crippen molar-refractivity contribution in [2.24, 2.45) is 0 Å². The van der Waals surface area contributed by atoms with Crippen molar-refractivity contribution < 1.29 is 8.83 Å². The van der Waals surface area contributed by atoms with Gasteiger partial charge in [-0.25, -0.2) is 0 Å². The normalized spacial score (nSPS) is 14.5. The molecule has 2 aromatic heterocycles. The molecule has 258 valence electrons. The summed E-state index contributed by atoms with van der Waals surface area (Å²) in [6, 6.07) is 52.7. The van der Waals surface area contributed by atoms with Crippen molar-refractivity contribution >= 4 is 66.5 Å². The molecule has 0 atom stereocenters. The van der Waals surface area contributed by atoms with Crippen molar-refractivity contribution in [2.75, 3.05) is 4.90 Å². The highest BCUT2D eigenvalue weighted by Gasteiger charge is 2.36. The SMILES string of the molecule is CC1(C)c2ccccc2-c2ccc(N(c3ccc(-c4ccc5c(c4)oc4ccc6oc7ccccc7c6c45)cc3)c3ccccc3C3=CC=CCC3)cc21. The number of rotatable bonds is 5.